The lowest BCUT2D eigenvalue weighted by atomic mass is 10.1. The van der Waals surface area contributed by atoms with Crippen LogP contribution in [0.4, 0.5) is 5.82 Å². The van der Waals surface area contributed by atoms with E-state index in [1.165, 1.54) is 0 Å². The van der Waals surface area contributed by atoms with Crippen molar-refractivity contribution in [1.29, 1.82) is 5.26 Å². The first-order valence-electron chi connectivity index (χ1n) is 6.88. The number of rotatable bonds is 6. The van der Waals surface area contributed by atoms with Gasteiger partial charge in [0.25, 0.3) is 0 Å². The first kappa shape index (κ1) is 14.3. The molecule has 104 valence electrons. The van der Waals surface area contributed by atoms with Gasteiger partial charge in [-0.05, 0) is 31.4 Å². The van der Waals surface area contributed by atoms with E-state index in [-0.39, 0.29) is 6.61 Å². The van der Waals surface area contributed by atoms with Gasteiger partial charge >= 0.3 is 0 Å². The largest absolute Gasteiger partial charge is 0.396 e. The lowest BCUT2D eigenvalue weighted by Crippen LogP contribution is -2.21. The van der Waals surface area contributed by atoms with Crippen LogP contribution in [0.5, 0.6) is 0 Å². The minimum Gasteiger partial charge on any atom is -0.396 e. The van der Waals surface area contributed by atoms with Gasteiger partial charge in [0.1, 0.15) is 11.9 Å². The van der Waals surface area contributed by atoms with Crippen molar-refractivity contribution in [3.05, 3.63) is 35.9 Å². The summed E-state index contributed by atoms with van der Waals surface area (Å²) in [7, 11) is 1.96. The normalized spacial score (nSPS) is 10.4. The standard InChI is InChI=1S/C16H19N3O/c1-19(9-5-2-6-10-20)16-14(12-17)11-13-7-3-4-8-15(13)18-16/h3-4,7-8,11,20H,2,5-6,9-10H2,1H3. The lowest BCUT2D eigenvalue weighted by molar-refractivity contribution is 0.283. The summed E-state index contributed by atoms with van der Waals surface area (Å²) in [5.74, 6) is 0.732. The van der Waals surface area contributed by atoms with E-state index in [0.717, 1.165) is 42.5 Å². The molecule has 4 heteroatoms. The summed E-state index contributed by atoms with van der Waals surface area (Å²) in [5.41, 5.74) is 1.51. The van der Waals surface area contributed by atoms with E-state index in [1.807, 2.05) is 42.3 Å². The molecule has 0 aliphatic rings. The van der Waals surface area contributed by atoms with Gasteiger partial charge in [-0.3, -0.25) is 0 Å². The number of benzene rings is 1. The third-order valence-electron chi connectivity index (χ3n) is 3.34. The average Bonchev–Trinajstić information content (AvgIpc) is 2.50. The molecule has 1 aromatic heterocycles. The molecular formula is C16H19N3O. The van der Waals surface area contributed by atoms with Gasteiger partial charge < -0.3 is 10.0 Å². The van der Waals surface area contributed by atoms with Gasteiger partial charge in [0.15, 0.2) is 0 Å². The van der Waals surface area contributed by atoms with Crippen molar-refractivity contribution in [2.24, 2.45) is 0 Å². The Morgan fingerprint density at radius 3 is 2.80 bits per heavy atom. The quantitative estimate of drug-likeness (QED) is 0.819. The second-order valence-electron chi connectivity index (χ2n) is 4.87. The number of aliphatic hydroxyl groups is 1. The van der Waals surface area contributed by atoms with Crippen LogP contribution in [0.2, 0.25) is 0 Å². The number of hydrogen-bond acceptors (Lipinski definition) is 4. The second kappa shape index (κ2) is 6.88. The van der Waals surface area contributed by atoms with E-state index in [4.69, 9.17) is 5.11 Å². The number of nitrogens with zero attached hydrogens (tertiary/aromatic N) is 3. The molecule has 0 fully saturated rings. The predicted octanol–water partition coefficient (Wildman–Crippen LogP) is 2.71. The molecule has 2 rings (SSSR count). The molecule has 0 saturated carbocycles. The first-order chi connectivity index (χ1) is 9.76. The molecule has 2 aromatic rings. The molecule has 0 spiro atoms. The summed E-state index contributed by atoms with van der Waals surface area (Å²) in [4.78, 5) is 6.62. The number of fused-ring (bicyclic) bond motifs is 1. The summed E-state index contributed by atoms with van der Waals surface area (Å²) in [6.45, 7) is 1.07. The van der Waals surface area contributed by atoms with Crippen molar-refractivity contribution < 1.29 is 5.11 Å². The molecule has 0 aliphatic carbocycles. The van der Waals surface area contributed by atoms with Crippen molar-refractivity contribution in [1.82, 2.24) is 4.98 Å². The van der Waals surface area contributed by atoms with E-state index >= 15 is 0 Å². The van der Waals surface area contributed by atoms with Gasteiger partial charge in [-0.25, -0.2) is 4.98 Å². The maximum atomic E-state index is 9.29. The molecule has 1 N–H and O–H groups in total. The highest BCUT2D eigenvalue weighted by Gasteiger charge is 2.10. The molecule has 0 radical (unpaired) electrons. The monoisotopic (exact) mass is 269 g/mol. The zero-order valence-electron chi connectivity index (χ0n) is 11.7. The molecule has 0 amide bonds. The van der Waals surface area contributed by atoms with E-state index < -0.39 is 0 Å². The molecule has 0 aliphatic heterocycles. The number of hydrogen-bond donors (Lipinski definition) is 1. The van der Waals surface area contributed by atoms with E-state index in [9.17, 15) is 5.26 Å². The number of anilines is 1. The molecule has 0 bridgehead atoms. The van der Waals surface area contributed by atoms with Gasteiger partial charge in [-0.1, -0.05) is 18.2 Å². The minimum atomic E-state index is 0.237. The highest BCUT2D eigenvalue weighted by Crippen LogP contribution is 2.22. The van der Waals surface area contributed by atoms with Crippen LogP contribution >= 0.6 is 0 Å². The van der Waals surface area contributed by atoms with Gasteiger partial charge in [0.05, 0.1) is 11.1 Å². The highest BCUT2D eigenvalue weighted by atomic mass is 16.2. The first-order valence-corrected chi connectivity index (χ1v) is 6.88. The molecule has 1 heterocycles. The summed E-state index contributed by atoms with van der Waals surface area (Å²) in [5, 5.41) is 19.1. The number of unbranched alkanes of at least 4 members (excludes halogenated alkanes) is 2. The Labute approximate surface area is 119 Å². The highest BCUT2D eigenvalue weighted by molar-refractivity contribution is 5.82. The Morgan fingerprint density at radius 2 is 2.05 bits per heavy atom. The molecule has 0 unspecified atom stereocenters. The van der Waals surface area contributed by atoms with E-state index in [2.05, 4.69) is 11.1 Å². The topological polar surface area (TPSA) is 60.1 Å². The molecule has 0 saturated heterocycles. The number of nitriles is 1. The van der Waals surface area contributed by atoms with Crippen molar-refractivity contribution in [2.45, 2.75) is 19.3 Å². The third-order valence-corrected chi connectivity index (χ3v) is 3.34. The Balaban J connectivity index is 2.21. The second-order valence-corrected chi connectivity index (χ2v) is 4.87. The van der Waals surface area contributed by atoms with Crippen molar-refractivity contribution in [3.8, 4) is 6.07 Å². The Kier molecular flexibility index (Phi) is 4.91. The van der Waals surface area contributed by atoms with Crippen molar-refractivity contribution in [2.75, 3.05) is 25.1 Å². The number of aromatic nitrogens is 1. The van der Waals surface area contributed by atoms with Crippen LogP contribution in [0.3, 0.4) is 0 Å². The third kappa shape index (κ3) is 3.25. The maximum Gasteiger partial charge on any atom is 0.146 e. The summed E-state index contributed by atoms with van der Waals surface area (Å²) in [6.07, 6.45) is 2.79. The van der Waals surface area contributed by atoms with E-state index in [1.54, 1.807) is 0 Å². The predicted molar refractivity (Wildman–Crippen MR) is 80.7 cm³/mol. The van der Waals surface area contributed by atoms with Crippen LogP contribution in [0, 0.1) is 11.3 Å². The molecule has 1 aromatic carbocycles. The number of para-hydroxylation sites is 1. The van der Waals surface area contributed by atoms with Crippen LogP contribution in [0.15, 0.2) is 30.3 Å². The number of pyridine rings is 1. The van der Waals surface area contributed by atoms with E-state index in [0.29, 0.717) is 5.56 Å². The van der Waals surface area contributed by atoms with Crippen LogP contribution in [0.1, 0.15) is 24.8 Å². The van der Waals surface area contributed by atoms with Crippen LogP contribution in [-0.4, -0.2) is 30.3 Å². The Bertz CT molecular complexity index is 619. The zero-order valence-corrected chi connectivity index (χ0v) is 11.7. The summed E-state index contributed by atoms with van der Waals surface area (Å²) < 4.78 is 0. The Hall–Kier alpha value is -2.12. The van der Waals surface area contributed by atoms with Gasteiger partial charge in [-0.2, -0.15) is 5.26 Å². The van der Waals surface area contributed by atoms with Gasteiger partial charge in [-0.15, -0.1) is 0 Å². The number of aliphatic hydroxyl groups excluding tert-OH is 1. The van der Waals surface area contributed by atoms with Crippen LogP contribution in [-0.2, 0) is 0 Å². The molecule has 0 atom stereocenters. The SMILES string of the molecule is CN(CCCCCO)c1nc2ccccc2cc1C#N. The summed E-state index contributed by atoms with van der Waals surface area (Å²) >= 11 is 0. The zero-order chi connectivity index (χ0) is 14.4. The smallest absolute Gasteiger partial charge is 0.146 e. The molecule has 20 heavy (non-hydrogen) atoms. The van der Waals surface area contributed by atoms with Crippen molar-refractivity contribution in [3.63, 3.8) is 0 Å². The van der Waals surface area contributed by atoms with Crippen molar-refractivity contribution >= 4 is 16.7 Å². The average molecular weight is 269 g/mol. The fourth-order valence-corrected chi connectivity index (χ4v) is 2.22. The summed E-state index contributed by atoms with van der Waals surface area (Å²) in [6, 6.07) is 11.9. The fraction of sp³-hybridized carbons (Fsp3) is 0.375. The molecular weight excluding hydrogens is 250 g/mol. The Morgan fingerprint density at radius 1 is 1.25 bits per heavy atom. The lowest BCUT2D eigenvalue weighted by Gasteiger charge is -2.19. The van der Waals surface area contributed by atoms with Crippen LogP contribution in [0.25, 0.3) is 10.9 Å². The van der Waals surface area contributed by atoms with Crippen LogP contribution < -0.4 is 4.90 Å². The maximum absolute atomic E-state index is 9.29. The van der Waals surface area contributed by atoms with Gasteiger partial charge in [0, 0.05) is 25.6 Å². The fourth-order valence-electron chi connectivity index (χ4n) is 2.22. The molecule has 4 nitrogen and oxygen atoms in total. The minimum absolute atomic E-state index is 0.237. The van der Waals surface area contributed by atoms with Gasteiger partial charge in [0.2, 0.25) is 0 Å².